The maximum atomic E-state index is 12.1. The van der Waals surface area contributed by atoms with Gasteiger partial charge >= 0.3 is 5.97 Å². The lowest BCUT2D eigenvalue weighted by atomic mass is 9.82. The Morgan fingerprint density at radius 3 is 2.81 bits per heavy atom. The first-order valence-corrected chi connectivity index (χ1v) is 6.97. The van der Waals surface area contributed by atoms with Crippen molar-refractivity contribution in [1.29, 1.82) is 5.26 Å². The van der Waals surface area contributed by atoms with E-state index in [9.17, 15) is 10.1 Å². The number of hydrogen-bond acceptors (Lipinski definition) is 5. The lowest BCUT2D eigenvalue weighted by Gasteiger charge is -2.27. The average molecular weight is 321 g/mol. The molecule has 0 aromatic heterocycles. The van der Waals surface area contributed by atoms with Crippen LogP contribution >= 0.6 is 24.2 Å². The molecule has 0 fully saturated rings. The zero-order chi connectivity index (χ0) is 15.6. The first kappa shape index (κ1) is 15.5. The van der Waals surface area contributed by atoms with Gasteiger partial charge in [-0.25, -0.2) is 4.79 Å². The van der Waals surface area contributed by atoms with Crippen molar-refractivity contribution in [3.05, 3.63) is 56.7 Å². The van der Waals surface area contributed by atoms with Gasteiger partial charge in [-0.15, -0.1) is 12.6 Å². The highest BCUT2D eigenvalue weighted by Crippen LogP contribution is 2.39. The van der Waals surface area contributed by atoms with E-state index in [1.165, 1.54) is 7.11 Å². The molecule has 1 heterocycles. The van der Waals surface area contributed by atoms with Crippen molar-refractivity contribution in [3.8, 4) is 6.07 Å². The van der Waals surface area contributed by atoms with Crippen LogP contribution in [0.15, 0.2) is 46.1 Å². The summed E-state index contributed by atoms with van der Waals surface area (Å²) in [6, 6.07) is 9.16. The van der Waals surface area contributed by atoms with E-state index in [1.807, 2.05) is 6.07 Å². The number of nitrogens with zero attached hydrogens (tertiary/aromatic N) is 1. The molecule has 2 rings (SSSR count). The van der Waals surface area contributed by atoms with E-state index in [0.29, 0.717) is 26.9 Å². The van der Waals surface area contributed by atoms with Crippen LogP contribution in [0.3, 0.4) is 0 Å². The second-order valence-electron chi connectivity index (χ2n) is 4.52. The maximum absolute atomic E-state index is 12.1. The van der Waals surface area contributed by atoms with E-state index in [0.717, 1.165) is 5.56 Å². The fraction of sp³-hybridized carbons (Fsp3) is 0.200. The van der Waals surface area contributed by atoms with Crippen LogP contribution in [0.25, 0.3) is 0 Å². The molecule has 0 aliphatic carbocycles. The standard InChI is InChI=1S/C15H13ClN2O2S/c1-8-12(15(19)20-2)13(11(7-17)14(21)18-8)9-4-3-5-10(16)6-9/h3-6,13,18,21H,1-2H3/t13-/m1/s1. The topological polar surface area (TPSA) is 62.1 Å². The summed E-state index contributed by atoms with van der Waals surface area (Å²) in [6.45, 7) is 1.74. The minimum Gasteiger partial charge on any atom is -0.466 e. The van der Waals surface area contributed by atoms with Gasteiger partial charge < -0.3 is 10.1 Å². The molecular formula is C15H13ClN2O2S. The molecule has 0 saturated heterocycles. The Kier molecular flexibility index (Phi) is 4.61. The van der Waals surface area contributed by atoms with Gasteiger partial charge in [0.25, 0.3) is 0 Å². The van der Waals surface area contributed by atoms with Crippen LogP contribution in [-0.2, 0) is 9.53 Å². The fourth-order valence-corrected chi connectivity index (χ4v) is 2.87. The predicted octanol–water partition coefficient (Wildman–Crippen LogP) is 3.14. The summed E-state index contributed by atoms with van der Waals surface area (Å²) in [6.07, 6.45) is 0. The van der Waals surface area contributed by atoms with E-state index >= 15 is 0 Å². The summed E-state index contributed by atoms with van der Waals surface area (Å²) < 4.78 is 4.84. The van der Waals surface area contributed by atoms with Gasteiger partial charge in [0.05, 0.1) is 35.3 Å². The van der Waals surface area contributed by atoms with Crippen LogP contribution in [0.4, 0.5) is 0 Å². The van der Waals surface area contributed by atoms with E-state index in [1.54, 1.807) is 25.1 Å². The molecule has 4 nitrogen and oxygen atoms in total. The zero-order valence-electron chi connectivity index (χ0n) is 11.5. The molecule has 1 aliphatic rings. The summed E-state index contributed by atoms with van der Waals surface area (Å²) in [4.78, 5) is 12.1. The summed E-state index contributed by atoms with van der Waals surface area (Å²) in [5, 5.41) is 13.3. The number of esters is 1. The highest BCUT2D eigenvalue weighted by atomic mass is 35.5. The Morgan fingerprint density at radius 1 is 1.52 bits per heavy atom. The third kappa shape index (κ3) is 2.92. The lowest BCUT2D eigenvalue weighted by Crippen LogP contribution is -2.27. The second kappa shape index (κ2) is 6.25. The first-order chi connectivity index (χ1) is 9.99. The van der Waals surface area contributed by atoms with Crippen molar-refractivity contribution in [2.45, 2.75) is 12.8 Å². The molecule has 0 bridgehead atoms. The van der Waals surface area contributed by atoms with E-state index in [2.05, 4.69) is 24.0 Å². The third-order valence-electron chi connectivity index (χ3n) is 3.25. The summed E-state index contributed by atoms with van der Waals surface area (Å²) in [7, 11) is 1.31. The first-order valence-electron chi connectivity index (χ1n) is 6.14. The largest absolute Gasteiger partial charge is 0.466 e. The van der Waals surface area contributed by atoms with Gasteiger partial charge in [-0.05, 0) is 24.6 Å². The molecule has 0 unspecified atom stereocenters. The minimum absolute atomic E-state index is 0.353. The van der Waals surface area contributed by atoms with Gasteiger partial charge in [0.1, 0.15) is 0 Å². The molecule has 0 radical (unpaired) electrons. The molecule has 21 heavy (non-hydrogen) atoms. The molecule has 108 valence electrons. The number of ether oxygens (including phenoxy) is 1. The van der Waals surface area contributed by atoms with Crippen LogP contribution < -0.4 is 5.32 Å². The molecule has 6 heteroatoms. The Hall–Kier alpha value is -1.90. The van der Waals surface area contributed by atoms with Crippen LogP contribution in [0.2, 0.25) is 5.02 Å². The number of allylic oxidation sites excluding steroid dienone is 2. The maximum Gasteiger partial charge on any atom is 0.336 e. The second-order valence-corrected chi connectivity index (χ2v) is 5.40. The molecule has 1 N–H and O–H groups in total. The number of carbonyl (C=O) groups excluding carboxylic acids is 1. The van der Waals surface area contributed by atoms with Crippen LogP contribution in [0.1, 0.15) is 18.4 Å². The Balaban J connectivity index is 2.66. The van der Waals surface area contributed by atoms with Crippen molar-refractivity contribution in [1.82, 2.24) is 5.32 Å². The molecule has 1 aromatic carbocycles. The monoisotopic (exact) mass is 320 g/mol. The lowest BCUT2D eigenvalue weighted by molar-refractivity contribution is -0.136. The number of thiol groups is 1. The quantitative estimate of drug-likeness (QED) is 0.649. The van der Waals surface area contributed by atoms with Crippen molar-refractivity contribution in [2.24, 2.45) is 0 Å². The predicted molar refractivity (Wildman–Crippen MR) is 83.7 cm³/mol. The number of dihydropyridines is 1. The van der Waals surface area contributed by atoms with Crippen molar-refractivity contribution >= 4 is 30.2 Å². The summed E-state index contributed by atoms with van der Waals surface area (Å²) in [5.41, 5.74) is 2.09. The molecule has 1 atom stereocenters. The Morgan fingerprint density at radius 2 is 2.24 bits per heavy atom. The van der Waals surface area contributed by atoms with E-state index < -0.39 is 11.9 Å². The SMILES string of the molecule is COC(=O)C1=C(C)NC(S)=C(C#N)[C@H]1c1cccc(Cl)c1. The number of methoxy groups -OCH3 is 1. The van der Waals surface area contributed by atoms with Crippen LogP contribution in [0.5, 0.6) is 0 Å². The number of nitriles is 1. The van der Waals surface area contributed by atoms with Crippen LogP contribution in [-0.4, -0.2) is 13.1 Å². The van der Waals surface area contributed by atoms with Gasteiger partial charge in [0.2, 0.25) is 0 Å². The highest BCUT2D eigenvalue weighted by Gasteiger charge is 2.34. The Bertz CT molecular complexity index is 704. The van der Waals surface area contributed by atoms with Crippen molar-refractivity contribution < 1.29 is 9.53 Å². The van der Waals surface area contributed by atoms with Gasteiger partial charge in [0, 0.05) is 10.7 Å². The summed E-state index contributed by atoms with van der Waals surface area (Å²) >= 11 is 10.3. The van der Waals surface area contributed by atoms with Crippen LogP contribution in [0, 0.1) is 11.3 Å². The van der Waals surface area contributed by atoms with Gasteiger partial charge in [0.15, 0.2) is 0 Å². The highest BCUT2D eigenvalue weighted by molar-refractivity contribution is 7.84. The number of halogens is 1. The average Bonchev–Trinajstić information content (AvgIpc) is 2.45. The third-order valence-corrected chi connectivity index (χ3v) is 3.84. The van der Waals surface area contributed by atoms with Gasteiger partial charge in [-0.1, -0.05) is 23.7 Å². The minimum atomic E-state index is -0.546. The van der Waals surface area contributed by atoms with Gasteiger partial charge in [-0.3, -0.25) is 0 Å². The van der Waals surface area contributed by atoms with E-state index in [4.69, 9.17) is 16.3 Å². The number of benzene rings is 1. The normalized spacial score (nSPS) is 18.1. The molecular weight excluding hydrogens is 308 g/mol. The van der Waals surface area contributed by atoms with E-state index in [-0.39, 0.29) is 0 Å². The summed E-state index contributed by atoms with van der Waals surface area (Å²) in [5.74, 6) is -1.03. The number of hydrogen-bond donors (Lipinski definition) is 2. The molecule has 0 saturated carbocycles. The molecule has 1 aliphatic heterocycles. The molecule has 0 amide bonds. The zero-order valence-corrected chi connectivity index (χ0v) is 13.1. The molecule has 0 spiro atoms. The smallest absolute Gasteiger partial charge is 0.336 e. The molecule has 1 aromatic rings. The van der Waals surface area contributed by atoms with Crippen molar-refractivity contribution in [3.63, 3.8) is 0 Å². The number of nitrogens with one attached hydrogen (secondary N) is 1. The number of rotatable bonds is 2. The number of carbonyl (C=O) groups is 1. The Labute approximate surface area is 133 Å². The van der Waals surface area contributed by atoms with Crippen molar-refractivity contribution in [2.75, 3.05) is 7.11 Å². The van der Waals surface area contributed by atoms with Gasteiger partial charge in [-0.2, -0.15) is 5.26 Å². The fourth-order valence-electron chi connectivity index (χ4n) is 2.33.